The van der Waals surface area contributed by atoms with Crippen LogP contribution in [0.4, 0.5) is 5.69 Å². The quantitative estimate of drug-likeness (QED) is 0.263. The van der Waals surface area contributed by atoms with E-state index in [1.165, 1.54) is 24.9 Å². The largest absolute Gasteiger partial charge is 0.457 e. The first-order chi connectivity index (χ1) is 19.2. The molecule has 0 amide bonds. The molecule has 0 bridgehead atoms. The number of allylic oxidation sites excluding steroid dienone is 1. The molecule has 5 N–H and O–H groups in total. The molecule has 2 saturated heterocycles. The van der Waals surface area contributed by atoms with E-state index in [-0.39, 0.29) is 5.76 Å². The number of piperidine rings is 1. The van der Waals surface area contributed by atoms with Crippen molar-refractivity contribution in [1.82, 2.24) is 4.72 Å². The van der Waals surface area contributed by atoms with Crippen molar-refractivity contribution in [2.45, 2.75) is 50.0 Å². The number of nitriles is 1. The van der Waals surface area contributed by atoms with Crippen molar-refractivity contribution in [3.8, 4) is 17.4 Å². The van der Waals surface area contributed by atoms with Crippen LogP contribution >= 0.6 is 0 Å². The van der Waals surface area contributed by atoms with Crippen molar-refractivity contribution in [2.75, 3.05) is 24.5 Å². The summed E-state index contributed by atoms with van der Waals surface area (Å²) in [6, 6.07) is 17.2. The first-order valence-electron chi connectivity index (χ1n) is 13.0. The number of hydrogen-bond donors (Lipinski definition) is 5. The second-order valence-electron chi connectivity index (χ2n) is 10.0. The number of hydrogen-bond acceptors (Lipinski definition) is 10. The van der Waals surface area contributed by atoms with Crippen molar-refractivity contribution < 1.29 is 38.0 Å². The Balaban J connectivity index is 1.29. The van der Waals surface area contributed by atoms with Crippen molar-refractivity contribution in [1.29, 1.82) is 5.26 Å². The van der Waals surface area contributed by atoms with Gasteiger partial charge in [-0.2, -0.15) is 5.26 Å². The lowest BCUT2D eigenvalue weighted by Crippen LogP contribution is -2.59. The zero-order valence-electron chi connectivity index (χ0n) is 21.6. The van der Waals surface area contributed by atoms with Crippen molar-refractivity contribution >= 4 is 32.6 Å². The molecule has 3 aromatic rings. The number of fused-ring (bicyclic) bond motifs is 1. The Hall–Kier alpha value is -3.28. The van der Waals surface area contributed by atoms with Crippen molar-refractivity contribution in [2.24, 2.45) is 0 Å². The van der Waals surface area contributed by atoms with Gasteiger partial charge in [0.2, 0.25) is 0 Å². The van der Waals surface area contributed by atoms with Crippen LogP contribution in [0.5, 0.6) is 0 Å². The molecule has 2 fully saturated rings. The Morgan fingerprint density at radius 1 is 0.975 bits per heavy atom. The number of anilines is 1. The number of nitrogens with zero attached hydrogens (tertiary/aromatic N) is 2. The molecule has 40 heavy (non-hydrogen) atoms. The van der Waals surface area contributed by atoms with Crippen LogP contribution in [0.1, 0.15) is 25.0 Å². The van der Waals surface area contributed by atoms with E-state index in [0.717, 1.165) is 35.5 Å². The molecule has 3 heterocycles. The molecule has 2 aliphatic rings. The molecule has 0 radical (unpaired) electrons. The maximum absolute atomic E-state index is 12.7. The average molecular weight is 570 g/mol. The van der Waals surface area contributed by atoms with Crippen LogP contribution in [0, 0.1) is 11.3 Å². The van der Waals surface area contributed by atoms with Gasteiger partial charge in [0.1, 0.15) is 42.0 Å². The predicted molar refractivity (Wildman–Crippen MR) is 147 cm³/mol. The summed E-state index contributed by atoms with van der Waals surface area (Å²) < 4.78 is 38.4. The second kappa shape index (κ2) is 11.7. The molecule has 0 saturated carbocycles. The van der Waals surface area contributed by atoms with Gasteiger partial charge < -0.3 is 34.5 Å². The van der Waals surface area contributed by atoms with E-state index in [0.29, 0.717) is 5.76 Å². The van der Waals surface area contributed by atoms with Gasteiger partial charge in [0.25, 0.3) is 10.0 Å². The summed E-state index contributed by atoms with van der Waals surface area (Å²) >= 11 is 0. The van der Waals surface area contributed by atoms with E-state index < -0.39 is 52.2 Å². The third kappa shape index (κ3) is 5.91. The number of benzene rings is 2. The van der Waals surface area contributed by atoms with Gasteiger partial charge >= 0.3 is 0 Å². The highest BCUT2D eigenvalue weighted by molar-refractivity contribution is 7.93. The van der Waals surface area contributed by atoms with Crippen LogP contribution in [0.25, 0.3) is 28.2 Å². The molecule has 12 heteroatoms. The van der Waals surface area contributed by atoms with Gasteiger partial charge in [-0.15, -0.1) is 0 Å². The molecule has 5 rings (SSSR count). The van der Waals surface area contributed by atoms with Gasteiger partial charge in [-0.05, 0) is 60.4 Å². The van der Waals surface area contributed by atoms with E-state index >= 15 is 0 Å². The number of rotatable bonds is 7. The van der Waals surface area contributed by atoms with E-state index in [4.69, 9.17) is 9.15 Å². The van der Waals surface area contributed by atoms with Gasteiger partial charge in [-0.3, -0.25) is 0 Å². The molecule has 5 atom stereocenters. The molecule has 0 spiro atoms. The summed E-state index contributed by atoms with van der Waals surface area (Å²) in [5.74, 6) is 0.636. The number of aliphatic hydroxyl groups excluding tert-OH is 4. The topological polar surface area (TPSA) is 176 Å². The first kappa shape index (κ1) is 28.3. The zero-order chi connectivity index (χ0) is 28.4. The number of nitrogens with one attached hydrogen (secondary N) is 1. The zero-order valence-corrected chi connectivity index (χ0v) is 22.4. The van der Waals surface area contributed by atoms with Crippen LogP contribution in [0.15, 0.2) is 57.9 Å². The van der Waals surface area contributed by atoms with Crippen molar-refractivity contribution in [3.63, 3.8) is 0 Å². The maximum atomic E-state index is 12.7. The normalized spacial score (nSPS) is 26.1. The van der Waals surface area contributed by atoms with Crippen LogP contribution < -0.4 is 9.62 Å². The maximum Gasteiger partial charge on any atom is 0.250 e. The molecule has 2 aromatic carbocycles. The number of furan rings is 1. The van der Waals surface area contributed by atoms with E-state index in [1.807, 2.05) is 18.2 Å². The third-order valence-corrected chi connectivity index (χ3v) is 8.63. The van der Waals surface area contributed by atoms with E-state index in [2.05, 4.69) is 27.8 Å². The highest BCUT2D eigenvalue weighted by Crippen LogP contribution is 2.30. The molecule has 11 nitrogen and oxygen atoms in total. The van der Waals surface area contributed by atoms with Crippen LogP contribution in [-0.4, -0.2) is 79.2 Å². The lowest BCUT2D eigenvalue weighted by atomic mass is 9.99. The van der Waals surface area contributed by atoms with Crippen LogP contribution in [0.3, 0.4) is 0 Å². The first-order valence-corrected chi connectivity index (χ1v) is 14.5. The predicted octanol–water partition coefficient (Wildman–Crippen LogP) is 1.67. The van der Waals surface area contributed by atoms with E-state index in [1.54, 1.807) is 18.2 Å². The summed E-state index contributed by atoms with van der Waals surface area (Å²) in [4.78, 5) is 1.75. The molecule has 2 aliphatic heterocycles. The highest BCUT2D eigenvalue weighted by atomic mass is 32.2. The third-order valence-electron chi connectivity index (χ3n) is 7.29. The number of sulfonamides is 1. The average Bonchev–Trinajstić information content (AvgIpc) is 3.44. The Bertz CT molecular complexity index is 1540. The molecule has 0 aliphatic carbocycles. The molecule has 1 unspecified atom stereocenters. The minimum absolute atomic E-state index is 0.139. The highest BCUT2D eigenvalue weighted by Gasteiger charge is 2.43. The van der Waals surface area contributed by atoms with Gasteiger partial charge in [0.05, 0.1) is 0 Å². The minimum Gasteiger partial charge on any atom is -0.457 e. The fourth-order valence-electron chi connectivity index (χ4n) is 4.99. The monoisotopic (exact) mass is 569 g/mol. The Morgan fingerprint density at radius 3 is 2.45 bits per heavy atom. The summed E-state index contributed by atoms with van der Waals surface area (Å²) in [6.45, 7) is 1.56. The van der Waals surface area contributed by atoms with Gasteiger partial charge in [0, 0.05) is 37.0 Å². The molecule has 1 aromatic heterocycles. The SMILES string of the molecule is N#C/C(=C\c1ccc(-c2ccc3cc(N4CCCCC4)ccc3c2)o1)S(=O)(=O)NC[C@H]1OC(O)[C@H](O)[C@@H](O)[C@@H]1O. The summed E-state index contributed by atoms with van der Waals surface area (Å²) in [7, 11) is -4.37. The van der Waals surface area contributed by atoms with Gasteiger partial charge in [-0.25, -0.2) is 13.1 Å². The fourth-order valence-corrected chi connectivity index (χ4v) is 5.92. The Kier molecular flexibility index (Phi) is 8.25. The fraction of sp³-hybridized carbons (Fsp3) is 0.393. The lowest BCUT2D eigenvalue weighted by Gasteiger charge is -2.38. The molecule has 212 valence electrons. The molecular formula is C28H31N3O8S. The summed E-state index contributed by atoms with van der Waals surface area (Å²) in [6.07, 6.45) is -3.57. The molecular weight excluding hydrogens is 538 g/mol. The van der Waals surface area contributed by atoms with E-state index in [9.17, 15) is 34.1 Å². The van der Waals surface area contributed by atoms with Gasteiger partial charge in [-0.1, -0.05) is 18.2 Å². The number of ether oxygens (including phenoxy) is 1. The smallest absolute Gasteiger partial charge is 0.250 e. The standard InChI is InChI=1S/C28H31N3O8S/c29-15-22(40(36,37)30-16-24-25(32)26(33)27(34)28(35)39-24)14-21-8-9-23(38-21)19-5-4-18-13-20(7-6-17(18)12-19)31-10-2-1-3-11-31/h4-9,12-14,24-28,30,32-35H,1-3,10-11,16H2/b22-14+/t24-,25-,26+,27-,28?/m1/s1. The second-order valence-corrected chi connectivity index (χ2v) is 11.7. The summed E-state index contributed by atoms with van der Waals surface area (Å²) in [5, 5.41) is 50.7. The number of aliphatic hydroxyl groups is 4. The minimum atomic E-state index is -4.37. The lowest BCUT2D eigenvalue weighted by molar-refractivity contribution is -0.279. The Morgan fingerprint density at radius 2 is 1.70 bits per heavy atom. The van der Waals surface area contributed by atoms with Crippen LogP contribution in [-0.2, 0) is 14.8 Å². The Labute approximate surface area is 231 Å². The van der Waals surface area contributed by atoms with Gasteiger partial charge in [0.15, 0.2) is 11.2 Å². The van der Waals surface area contributed by atoms with Crippen LogP contribution in [0.2, 0.25) is 0 Å². The van der Waals surface area contributed by atoms with Crippen molar-refractivity contribution in [3.05, 3.63) is 59.2 Å². The summed E-state index contributed by atoms with van der Waals surface area (Å²) in [5.41, 5.74) is 2.00.